The molecule has 1 unspecified atom stereocenters. The Morgan fingerprint density at radius 2 is 2.11 bits per heavy atom. The van der Waals surface area contributed by atoms with E-state index in [0.717, 1.165) is 0 Å². The third kappa shape index (κ3) is 3.92. The Hall–Kier alpha value is -1.62. The molecule has 5 atom stereocenters. The number of rotatable bonds is 4. The molecular formula is C8H14N4O7. The van der Waals surface area contributed by atoms with Crippen LogP contribution in [0.5, 0.6) is 0 Å². The Labute approximate surface area is 107 Å². The van der Waals surface area contributed by atoms with Gasteiger partial charge in [-0.25, -0.2) is 4.79 Å². The van der Waals surface area contributed by atoms with Crippen LogP contribution in [0.1, 0.15) is 0 Å². The third-order valence-electron chi connectivity index (χ3n) is 2.50. The summed E-state index contributed by atoms with van der Waals surface area (Å²) in [5.41, 5.74) is 7.97. The summed E-state index contributed by atoms with van der Waals surface area (Å²) in [5.74, 6) is 0. The SMILES string of the molecule is [N-]=[N+]=NCOC(=O)N[C@H]1C(O)O[C@H](CO)[C@@H](O)[C@@H]1O. The summed E-state index contributed by atoms with van der Waals surface area (Å²) in [6.07, 6.45) is -6.93. The number of nitrogens with one attached hydrogen (secondary N) is 1. The standard InChI is InChI=1S/C8H14N4O7/c9-12-10-2-18-8(17)11-4-6(15)5(14)3(1-13)19-7(4)16/h3-7,13-16H,1-2H2,(H,11,17)/t3-,4-,5-,6-,7?/m1/s1. The van der Waals surface area contributed by atoms with E-state index in [1.807, 2.05) is 5.32 Å². The largest absolute Gasteiger partial charge is 0.443 e. The van der Waals surface area contributed by atoms with Gasteiger partial charge in [0, 0.05) is 4.91 Å². The van der Waals surface area contributed by atoms with Crippen LogP contribution < -0.4 is 5.32 Å². The van der Waals surface area contributed by atoms with E-state index in [1.165, 1.54) is 0 Å². The maximum Gasteiger partial charge on any atom is 0.407 e. The van der Waals surface area contributed by atoms with E-state index < -0.39 is 50.1 Å². The van der Waals surface area contributed by atoms with Gasteiger partial charge in [0.15, 0.2) is 13.0 Å². The number of ether oxygens (including phenoxy) is 2. The number of aliphatic hydroxyl groups is 4. The van der Waals surface area contributed by atoms with Crippen molar-refractivity contribution in [1.29, 1.82) is 0 Å². The van der Waals surface area contributed by atoms with Crippen LogP contribution in [0.3, 0.4) is 0 Å². The van der Waals surface area contributed by atoms with Gasteiger partial charge in [0.1, 0.15) is 24.4 Å². The topological polar surface area (TPSA) is 177 Å². The van der Waals surface area contributed by atoms with Gasteiger partial charge < -0.3 is 35.2 Å². The van der Waals surface area contributed by atoms with Gasteiger partial charge in [-0.05, 0) is 5.53 Å². The van der Waals surface area contributed by atoms with E-state index in [4.69, 9.17) is 15.4 Å². The summed E-state index contributed by atoms with van der Waals surface area (Å²) >= 11 is 0. The Bertz CT molecular complexity index is 361. The maximum atomic E-state index is 11.2. The molecule has 1 amide bonds. The number of aliphatic hydroxyl groups excluding tert-OH is 4. The van der Waals surface area contributed by atoms with Crippen LogP contribution >= 0.6 is 0 Å². The van der Waals surface area contributed by atoms with Crippen molar-refractivity contribution >= 4 is 6.09 Å². The smallest absolute Gasteiger partial charge is 0.407 e. The van der Waals surface area contributed by atoms with Crippen molar-refractivity contribution in [1.82, 2.24) is 5.32 Å². The number of nitrogens with zero attached hydrogens (tertiary/aromatic N) is 3. The molecule has 0 radical (unpaired) electrons. The summed E-state index contributed by atoms with van der Waals surface area (Å²) in [6, 6.07) is -1.35. The molecule has 0 aliphatic carbocycles. The molecule has 1 rings (SSSR count). The van der Waals surface area contributed by atoms with Crippen LogP contribution in [0, 0.1) is 0 Å². The van der Waals surface area contributed by atoms with Crippen LogP contribution in [0.4, 0.5) is 4.79 Å². The lowest BCUT2D eigenvalue weighted by Gasteiger charge is -2.39. The molecule has 1 aliphatic heterocycles. The summed E-state index contributed by atoms with van der Waals surface area (Å²) < 4.78 is 9.19. The first-order valence-electron chi connectivity index (χ1n) is 5.26. The van der Waals surface area contributed by atoms with E-state index in [-0.39, 0.29) is 0 Å². The monoisotopic (exact) mass is 278 g/mol. The minimum absolute atomic E-state index is 0.566. The van der Waals surface area contributed by atoms with Gasteiger partial charge in [-0.1, -0.05) is 5.11 Å². The molecule has 11 nitrogen and oxygen atoms in total. The van der Waals surface area contributed by atoms with E-state index in [9.17, 15) is 20.1 Å². The Balaban J connectivity index is 2.57. The van der Waals surface area contributed by atoms with Gasteiger partial charge in [0.05, 0.1) is 6.61 Å². The number of azide groups is 1. The third-order valence-corrected chi connectivity index (χ3v) is 2.50. The average Bonchev–Trinajstić information content (AvgIpc) is 2.39. The Kier molecular flexibility index (Phi) is 5.76. The number of hydrogen-bond acceptors (Lipinski definition) is 8. The van der Waals surface area contributed by atoms with Crippen molar-refractivity contribution in [2.75, 3.05) is 13.3 Å². The fourth-order valence-electron chi connectivity index (χ4n) is 1.54. The van der Waals surface area contributed by atoms with Gasteiger partial charge in [0.2, 0.25) is 0 Å². The lowest BCUT2D eigenvalue weighted by Crippen LogP contribution is -2.64. The summed E-state index contributed by atoms with van der Waals surface area (Å²) in [6.45, 7) is -1.17. The maximum absolute atomic E-state index is 11.2. The molecule has 108 valence electrons. The fraction of sp³-hybridized carbons (Fsp3) is 0.875. The highest BCUT2D eigenvalue weighted by Gasteiger charge is 2.44. The van der Waals surface area contributed by atoms with Crippen molar-refractivity contribution in [3.05, 3.63) is 10.4 Å². The average molecular weight is 278 g/mol. The highest BCUT2D eigenvalue weighted by Crippen LogP contribution is 2.19. The highest BCUT2D eigenvalue weighted by molar-refractivity contribution is 5.67. The number of amides is 1. The second-order valence-corrected chi connectivity index (χ2v) is 3.69. The van der Waals surface area contributed by atoms with E-state index >= 15 is 0 Å². The first-order chi connectivity index (χ1) is 9.01. The number of hydrogen-bond donors (Lipinski definition) is 5. The zero-order chi connectivity index (χ0) is 14.4. The Morgan fingerprint density at radius 3 is 2.68 bits per heavy atom. The van der Waals surface area contributed by atoms with Crippen LogP contribution in [0.2, 0.25) is 0 Å². The van der Waals surface area contributed by atoms with Gasteiger partial charge in [0.25, 0.3) is 0 Å². The van der Waals surface area contributed by atoms with Crippen molar-refractivity contribution in [3.63, 3.8) is 0 Å². The second kappa shape index (κ2) is 7.09. The van der Waals surface area contributed by atoms with Crippen molar-refractivity contribution in [3.8, 4) is 0 Å². The van der Waals surface area contributed by atoms with Crippen molar-refractivity contribution in [2.24, 2.45) is 5.11 Å². The molecule has 0 aromatic carbocycles. The molecule has 11 heteroatoms. The van der Waals surface area contributed by atoms with E-state index in [1.54, 1.807) is 0 Å². The summed E-state index contributed by atoms with van der Waals surface area (Å²) in [4.78, 5) is 13.6. The van der Waals surface area contributed by atoms with Gasteiger partial charge in [-0.2, -0.15) is 0 Å². The van der Waals surface area contributed by atoms with Crippen LogP contribution in [-0.2, 0) is 9.47 Å². The quantitative estimate of drug-likeness (QED) is 0.219. The minimum atomic E-state index is -1.64. The molecule has 5 N–H and O–H groups in total. The summed E-state index contributed by atoms with van der Waals surface area (Å²) in [5, 5.41) is 42.6. The number of alkyl carbamates (subject to hydrolysis) is 1. The molecule has 1 heterocycles. The minimum Gasteiger partial charge on any atom is -0.443 e. The first-order valence-corrected chi connectivity index (χ1v) is 5.26. The molecular weight excluding hydrogens is 264 g/mol. The van der Waals surface area contributed by atoms with Crippen molar-refractivity contribution < 1.29 is 34.7 Å². The molecule has 1 fully saturated rings. The van der Waals surface area contributed by atoms with Gasteiger partial charge in [-0.3, -0.25) is 0 Å². The lowest BCUT2D eigenvalue weighted by molar-refractivity contribution is -0.253. The second-order valence-electron chi connectivity index (χ2n) is 3.69. The van der Waals surface area contributed by atoms with Crippen LogP contribution in [0.15, 0.2) is 5.11 Å². The van der Waals surface area contributed by atoms with Crippen molar-refractivity contribution in [2.45, 2.75) is 30.6 Å². The normalized spacial score (nSPS) is 34.2. The molecule has 1 aliphatic rings. The predicted octanol–water partition coefficient (Wildman–Crippen LogP) is -2.22. The number of carbonyl (C=O) groups is 1. The van der Waals surface area contributed by atoms with E-state index in [2.05, 4.69) is 14.8 Å². The zero-order valence-electron chi connectivity index (χ0n) is 9.66. The predicted molar refractivity (Wildman–Crippen MR) is 57.4 cm³/mol. The molecule has 19 heavy (non-hydrogen) atoms. The molecule has 0 saturated carbocycles. The lowest BCUT2D eigenvalue weighted by atomic mass is 9.97. The fourth-order valence-corrected chi connectivity index (χ4v) is 1.54. The summed E-state index contributed by atoms with van der Waals surface area (Å²) in [7, 11) is 0. The molecule has 0 spiro atoms. The molecule has 0 aromatic rings. The van der Waals surface area contributed by atoms with E-state index in [0.29, 0.717) is 0 Å². The van der Waals surface area contributed by atoms with Gasteiger partial charge in [-0.15, -0.1) is 0 Å². The first kappa shape index (κ1) is 15.4. The molecule has 1 saturated heterocycles. The Morgan fingerprint density at radius 1 is 1.42 bits per heavy atom. The van der Waals surface area contributed by atoms with Crippen LogP contribution in [0.25, 0.3) is 10.4 Å². The highest BCUT2D eigenvalue weighted by atomic mass is 16.6. The zero-order valence-corrected chi connectivity index (χ0v) is 9.66. The van der Waals surface area contributed by atoms with Gasteiger partial charge >= 0.3 is 6.09 Å². The number of carbonyl (C=O) groups excluding carboxylic acids is 1. The molecule has 0 aromatic heterocycles. The van der Waals surface area contributed by atoms with Crippen LogP contribution in [-0.4, -0.2) is 70.5 Å². The molecule has 0 bridgehead atoms.